The third-order valence-corrected chi connectivity index (χ3v) is 10.1. The molecule has 1 spiro atoms. The highest BCUT2D eigenvalue weighted by Crippen LogP contribution is 2.57. The van der Waals surface area contributed by atoms with Gasteiger partial charge in [0, 0.05) is 26.6 Å². The first-order valence-electron chi connectivity index (χ1n) is 17.2. The number of esters is 1. The topological polar surface area (TPSA) is 135 Å². The number of benzene rings is 2. The van der Waals surface area contributed by atoms with E-state index in [1.807, 2.05) is 79.7 Å². The number of fused-ring (bicyclic) bond motifs is 2. The highest BCUT2D eigenvalue weighted by molar-refractivity contribution is 5.99. The van der Waals surface area contributed by atoms with Gasteiger partial charge in [-0.15, -0.1) is 0 Å². The van der Waals surface area contributed by atoms with Crippen LogP contribution in [-0.2, 0) is 33.4 Å². The number of methoxy groups -OCH3 is 1. The Bertz CT molecular complexity index is 1570. The van der Waals surface area contributed by atoms with E-state index in [1.54, 1.807) is 17.1 Å². The van der Waals surface area contributed by atoms with E-state index >= 15 is 0 Å². The Kier molecular flexibility index (Phi) is 10.6. The van der Waals surface area contributed by atoms with Gasteiger partial charge in [0.25, 0.3) is 0 Å². The van der Waals surface area contributed by atoms with Crippen LogP contribution in [0.3, 0.4) is 0 Å². The molecule has 4 heterocycles. The fraction of sp³-hybridized carbons (Fsp3) is 0.474. The Morgan fingerprint density at radius 2 is 1.76 bits per heavy atom. The number of nitrogens with one attached hydrogen (secondary N) is 1. The molecule has 0 radical (unpaired) electrons. The molecule has 0 unspecified atom stereocenters. The first kappa shape index (κ1) is 34.5. The molecular formula is C38H45N3O8. The van der Waals surface area contributed by atoms with Crippen molar-refractivity contribution in [1.82, 2.24) is 15.1 Å². The lowest BCUT2D eigenvalue weighted by atomic mass is 9.74. The third kappa shape index (κ3) is 6.54. The summed E-state index contributed by atoms with van der Waals surface area (Å²) in [5.41, 5.74) is -0.140. The van der Waals surface area contributed by atoms with E-state index in [4.69, 9.17) is 14.2 Å². The minimum atomic E-state index is -1.45. The van der Waals surface area contributed by atoms with E-state index < -0.39 is 66.3 Å². The van der Waals surface area contributed by atoms with Gasteiger partial charge in [-0.1, -0.05) is 98.3 Å². The molecule has 49 heavy (non-hydrogen) atoms. The number of ether oxygens (including phenoxy) is 3. The molecule has 0 aromatic heterocycles. The second-order valence-corrected chi connectivity index (χ2v) is 13.1. The minimum Gasteiger partial charge on any atom is -0.455 e. The molecule has 0 saturated carbocycles. The van der Waals surface area contributed by atoms with Gasteiger partial charge in [0.15, 0.2) is 0 Å². The molecular weight excluding hydrogens is 626 g/mol. The summed E-state index contributed by atoms with van der Waals surface area (Å²) in [6.07, 6.45) is 7.68. The molecule has 0 aliphatic carbocycles. The molecule has 11 heteroatoms. The van der Waals surface area contributed by atoms with Crippen molar-refractivity contribution in [2.45, 2.75) is 68.5 Å². The van der Waals surface area contributed by atoms with Gasteiger partial charge in [-0.25, -0.2) is 0 Å². The van der Waals surface area contributed by atoms with Crippen molar-refractivity contribution < 1.29 is 38.5 Å². The van der Waals surface area contributed by atoms with Crippen LogP contribution >= 0.6 is 0 Å². The fourth-order valence-electron chi connectivity index (χ4n) is 7.76. The van der Waals surface area contributed by atoms with Gasteiger partial charge in [0.05, 0.1) is 37.3 Å². The van der Waals surface area contributed by atoms with E-state index in [2.05, 4.69) is 5.32 Å². The van der Waals surface area contributed by atoms with E-state index in [0.29, 0.717) is 24.1 Å². The van der Waals surface area contributed by atoms with Crippen LogP contribution in [0.4, 0.5) is 0 Å². The largest absolute Gasteiger partial charge is 0.455 e. The fourth-order valence-corrected chi connectivity index (χ4v) is 7.76. The first-order valence-corrected chi connectivity index (χ1v) is 17.2. The molecule has 2 aromatic carbocycles. The zero-order valence-electron chi connectivity index (χ0n) is 28.0. The molecule has 5 bridgehead atoms. The van der Waals surface area contributed by atoms with Crippen LogP contribution in [0.25, 0.3) is 0 Å². The Morgan fingerprint density at radius 3 is 2.45 bits per heavy atom. The predicted octanol–water partition coefficient (Wildman–Crippen LogP) is 3.27. The molecule has 4 aliphatic rings. The molecule has 260 valence electrons. The van der Waals surface area contributed by atoms with Gasteiger partial charge in [-0.3, -0.25) is 19.2 Å². The molecule has 11 nitrogen and oxygen atoms in total. The van der Waals surface area contributed by atoms with Crippen LogP contribution in [0, 0.1) is 11.8 Å². The summed E-state index contributed by atoms with van der Waals surface area (Å²) in [6.45, 7) is 2.36. The van der Waals surface area contributed by atoms with E-state index in [0.717, 1.165) is 12.8 Å². The van der Waals surface area contributed by atoms with Crippen LogP contribution in [0.5, 0.6) is 0 Å². The van der Waals surface area contributed by atoms with Crippen molar-refractivity contribution in [3.8, 4) is 0 Å². The summed E-state index contributed by atoms with van der Waals surface area (Å²) >= 11 is 0. The summed E-state index contributed by atoms with van der Waals surface area (Å²) in [5, 5.41) is 13.8. The molecule has 2 saturated heterocycles. The maximum Gasteiger partial charge on any atom is 0.313 e. The van der Waals surface area contributed by atoms with E-state index in [-0.39, 0.29) is 31.4 Å². The van der Waals surface area contributed by atoms with Crippen molar-refractivity contribution in [2.24, 2.45) is 11.8 Å². The SMILES string of the molecule is CCCCN1C/C=C\CCC(=O)N[C@H](COC)[C@@H](c2ccccc2)OC(=O)[C@@H]2[C@@H]3C=C[C@]4(O3)[C@H](C1=O)N([C@H](CO)c1ccccc1)C(=O)[C@@H]24. The Morgan fingerprint density at radius 1 is 1.02 bits per heavy atom. The van der Waals surface area contributed by atoms with E-state index in [9.17, 15) is 24.3 Å². The molecule has 2 aromatic rings. The summed E-state index contributed by atoms with van der Waals surface area (Å²) in [7, 11) is 1.51. The minimum absolute atomic E-state index is 0.0667. The summed E-state index contributed by atoms with van der Waals surface area (Å²) in [4.78, 5) is 60.4. The standard InChI is InChI=1S/C38H45N3O8/c1-3-4-21-40-22-13-7-12-18-30(43)39-27(24-47-2)33(26-16-10-6-11-17-26)48-37(46)31-29-19-20-38(49-29)32(31)35(44)41(34(38)36(40)45)28(23-42)25-14-8-5-9-15-25/h5-11,13-17,19-20,27-29,31-34,42H,3-4,12,18,21-24H2,1-2H3,(H,39,43)/b13-7-/t27-,28-,29+,31-,32-,33-,34+,38-/m1/s1. The maximum atomic E-state index is 14.8. The number of carbonyl (C=O) groups is 4. The van der Waals surface area contributed by atoms with Gasteiger partial charge in [0.1, 0.15) is 23.7 Å². The lowest BCUT2D eigenvalue weighted by molar-refractivity contribution is -0.163. The van der Waals surface area contributed by atoms with Crippen LogP contribution in [0.2, 0.25) is 0 Å². The summed E-state index contributed by atoms with van der Waals surface area (Å²) in [6, 6.07) is 15.5. The number of rotatable bonds is 9. The molecule has 3 amide bonds. The monoisotopic (exact) mass is 671 g/mol. The van der Waals surface area contributed by atoms with Crippen molar-refractivity contribution >= 4 is 23.7 Å². The van der Waals surface area contributed by atoms with Crippen molar-refractivity contribution in [3.63, 3.8) is 0 Å². The van der Waals surface area contributed by atoms with E-state index in [1.165, 1.54) is 12.0 Å². The lowest BCUT2D eigenvalue weighted by Crippen LogP contribution is -2.56. The zero-order valence-corrected chi connectivity index (χ0v) is 28.0. The number of unbranched alkanes of at least 4 members (excludes halogenated alkanes) is 1. The number of hydrogen-bond donors (Lipinski definition) is 2. The van der Waals surface area contributed by atoms with Crippen LogP contribution in [0.1, 0.15) is 55.9 Å². The Labute approximate surface area is 286 Å². The average molecular weight is 672 g/mol. The van der Waals surface area contributed by atoms with Gasteiger partial charge in [0.2, 0.25) is 17.7 Å². The summed E-state index contributed by atoms with van der Waals surface area (Å²) < 4.78 is 18.4. The quantitative estimate of drug-likeness (QED) is 0.307. The van der Waals surface area contributed by atoms with Crippen LogP contribution < -0.4 is 5.32 Å². The van der Waals surface area contributed by atoms with Crippen LogP contribution in [0.15, 0.2) is 85.0 Å². The van der Waals surface area contributed by atoms with Crippen molar-refractivity contribution in [3.05, 3.63) is 96.1 Å². The second kappa shape index (κ2) is 15.1. The smallest absolute Gasteiger partial charge is 0.313 e. The Balaban J connectivity index is 1.47. The van der Waals surface area contributed by atoms with Crippen molar-refractivity contribution in [1.29, 1.82) is 0 Å². The van der Waals surface area contributed by atoms with Gasteiger partial charge < -0.3 is 34.4 Å². The maximum absolute atomic E-state index is 14.8. The third-order valence-electron chi connectivity index (χ3n) is 10.1. The van der Waals surface area contributed by atoms with Crippen molar-refractivity contribution in [2.75, 3.05) is 33.4 Å². The second-order valence-electron chi connectivity index (χ2n) is 13.1. The van der Waals surface area contributed by atoms with Gasteiger partial charge >= 0.3 is 5.97 Å². The Hall–Kier alpha value is -4.32. The highest BCUT2D eigenvalue weighted by atomic mass is 16.6. The van der Waals surface area contributed by atoms with Gasteiger partial charge in [-0.05, 0) is 24.0 Å². The number of cyclic esters (lactones) is 1. The number of aliphatic hydroxyl groups is 1. The number of aliphatic hydroxyl groups excluding tert-OH is 1. The van der Waals surface area contributed by atoms with Gasteiger partial charge in [-0.2, -0.15) is 0 Å². The molecule has 8 atom stereocenters. The number of amides is 3. The predicted molar refractivity (Wildman–Crippen MR) is 180 cm³/mol. The zero-order chi connectivity index (χ0) is 34.5. The molecule has 6 rings (SSSR count). The number of likely N-dealkylation sites (tertiary alicyclic amines) is 1. The number of allylic oxidation sites excluding steroid dienone is 1. The first-order chi connectivity index (χ1) is 23.8. The highest BCUT2D eigenvalue weighted by Gasteiger charge is 2.74. The normalized spacial score (nSPS) is 31.4. The lowest BCUT2D eigenvalue weighted by Gasteiger charge is -2.39. The molecule has 2 fully saturated rings. The van der Waals surface area contributed by atoms with Crippen LogP contribution in [-0.4, -0.2) is 95.8 Å². The summed E-state index contributed by atoms with van der Waals surface area (Å²) in [5.74, 6) is -3.85. The molecule has 2 N–H and O–H groups in total. The molecule has 4 aliphatic heterocycles. The average Bonchev–Trinajstić information content (AvgIpc) is 3.76. The number of nitrogens with zero attached hydrogens (tertiary/aromatic N) is 2. The number of hydrogen-bond acceptors (Lipinski definition) is 8. The number of carbonyl (C=O) groups excluding carboxylic acids is 4.